The lowest BCUT2D eigenvalue weighted by Crippen LogP contribution is -1.96. The van der Waals surface area contributed by atoms with Crippen molar-refractivity contribution in [2.24, 2.45) is 0 Å². The zero-order valence-corrected chi connectivity index (χ0v) is 16.1. The Morgan fingerprint density at radius 2 is 1.23 bits per heavy atom. The summed E-state index contributed by atoms with van der Waals surface area (Å²) in [5.41, 5.74) is 7.90. The summed E-state index contributed by atoms with van der Waals surface area (Å²) in [6, 6.07) is 31.4. The minimum Gasteiger partial charge on any atom is -0.247 e. The predicted molar refractivity (Wildman–Crippen MR) is 113 cm³/mol. The highest BCUT2D eigenvalue weighted by molar-refractivity contribution is 9.10. The van der Waals surface area contributed by atoms with Crippen LogP contribution in [0.15, 0.2) is 95.5 Å². The first-order chi connectivity index (χ1) is 12.7. The minimum atomic E-state index is 0.993. The molecule has 1 nitrogen and oxygen atoms in total. The highest BCUT2D eigenvalue weighted by atomic mass is 79.9. The molecular formula is C24H18BrN. The van der Waals surface area contributed by atoms with Crippen molar-refractivity contribution in [1.82, 2.24) is 4.98 Å². The van der Waals surface area contributed by atoms with Gasteiger partial charge in [-0.3, -0.25) is 0 Å². The van der Waals surface area contributed by atoms with E-state index in [2.05, 4.69) is 102 Å². The summed E-state index contributed by atoms with van der Waals surface area (Å²) in [5, 5.41) is 0. The van der Waals surface area contributed by atoms with Crippen LogP contribution in [-0.2, 0) is 0 Å². The quantitative estimate of drug-likeness (QED) is 0.356. The molecule has 126 valence electrons. The van der Waals surface area contributed by atoms with Crippen molar-refractivity contribution in [2.45, 2.75) is 6.92 Å². The number of hydrogen-bond acceptors (Lipinski definition) is 1. The molecule has 0 radical (unpaired) electrons. The second-order valence-corrected chi connectivity index (χ2v) is 7.18. The van der Waals surface area contributed by atoms with Gasteiger partial charge >= 0.3 is 0 Å². The molecule has 1 heterocycles. The van der Waals surface area contributed by atoms with E-state index in [0.717, 1.165) is 27.0 Å². The first kappa shape index (κ1) is 16.7. The Hall–Kier alpha value is -2.71. The van der Waals surface area contributed by atoms with Crippen molar-refractivity contribution in [1.29, 1.82) is 0 Å². The van der Waals surface area contributed by atoms with Gasteiger partial charge < -0.3 is 0 Å². The lowest BCUT2D eigenvalue weighted by molar-refractivity contribution is 1.27. The number of hydrogen-bond donors (Lipinski definition) is 0. The second kappa shape index (κ2) is 7.27. The fraction of sp³-hybridized carbons (Fsp3) is 0.0417. The molecule has 1 aromatic heterocycles. The van der Waals surface area contributed by atoms with Gasteiger partial charge in [0.05, 0.1) is 11.4 Å². The van der Waals surface area contributed by atoms with Crippen LogP contribution in [0.3, 0.4) is 0 Å². The highest BCUT2D eigenvalue weighted by Gasteiger charge is 2.13. The first-order valence-corrected chi connectivity index (χ1v) is 9.40. The third-order valence-corrected chi connectivity index (χ3v) is 5.07. The number of benzene rings is 3. The molecule has 0 N–H and O–H groups in total. The molecule has 0 saturated carbocycles. The third kappa shape index (κ3) is 3.33. The standard InChI is InChI=1S/C24H18BrN/c1-17-22(18-12-14-21(25)15-13-18)16-23(19-8-4-2-5-9-19)26-24(17)20-10-6-3-7-11-20/h2-16H,1H3. The first-order valence-electron chi connectivity index (χ1n) is 8.61. The molecule has 0 spiro atoms. The maximum atomic E-state index is 5.01. The van der Waals surface area contributed by atoms with Crippen molar-refractivity contribution >= 4 is 15.9 Å². The molecule has 0 aliphatic rings. The Morgan fingerprint density at radius 3 is 1.85 bits per heavy atom. The maximum absolute atomic E-state index is 5.01. The Labute approximate surface area is 162 Å². The lowest BCUT2D eigenvalue weighted by atomic mass is 9.95. The van der Waals surface area contributed by atoms with Gasteiger partial charge in [0, 0.05) is 15.6 Å². The highest BCUT2D eigenvalue weighted by Crippen LogP contribution is 2.34. The predicted octanol–water partition coefficient (Wildman–Crippen LogP) is 7.15. The smallest absolute Gasteiger partial charge is 0.0744 e. The summed E-state index contributed by atoms with van der Waals surface area (Å²) in [6.45, 7) is 2.15. The molecule has 0 unspecified atom stereocenters. The van der Waals surface area contributed by atoms with Crippen LogP contribution >= 0.6 is 15.9 Å². The monoisotopic (exact) mass is 399 g/mol. The molecule has 0 aliphatic heterocycles. The van der Waals surface area contributed by atoms with Crippen molar-refractivity contribution in [3.05, 3.63) is 101 Å². The summed E-state index contributed by atoms with van der Waals surface area (Å²) in [6.07, 6.45) is 0. The number of rotatable bonds is 3. The summed E-state index contributed by atoms with van der Waals surface area (Å²) in [5.74, 6) is 0. The third-order valence-electron chi connectivity index (χ3n) is 4.54. The van der Waals surface area contributed by atoms with E-state index in [4.69, 9.17) is 4.98 Å². The van der Waals surface area contributed by atoms with Gasteiger partial charge in [0.25, 0.3) is 0 Å². The maximum Gasteiger partial charge on any atom is 0.0744 e. The molecule has 0 aliphatic carbocycles. The zero-order chi connectivity index (χ0) is 17.9. The van der Waals surface area contributed by atoms with Crippen LogP contribution in [0.5, 0.6) is 0 Å². The van der Waals surface area contributed by atoms with Gasteiger partial charge in [-0.2, -0.15) is 0 Å². The molecule has 0 bridgehead atoms. The fourth-order valence-electron chi connectivity index (χ4n) is 3.17. The van der Waals surface area contributed by atoms with E-state index < -0.39 is 0 Å². The van der Waals surface area contributed by atoms with Crippen LogP contribution in [0, 0.1) is 6.92 Å². The summed E-state index contributed by atoms with van der Waals surface area (Å²) < 4.78 is 1.08. The molecule has 4 aromatic rings. The topological polar surface area (TPSA) is 12.9 Å². The van der Waals surface area contributed by atoms with Crippen molar-refractivity contribution in [3.63, 3.8) is 0 Å². The van der Waals surface area contributed by atoms with E-state index in [-0.39, 0.29) is 0 Å². The van der Waals surface area contributed by atoms with E-state index in [9.17, 15) is 0 Å². The second-order valence-electron chi connectivity index (χ2n) is 6.27. The van der Waals surface area contributed by atoms with Gasteiger partial charge in [0.2, 0.25) is 0 Å². The molecule has 0 fully saturated rings. The van der Waals surface area contributed by atoms with Crippen LogP contribution < -0.4 is 0 Å². The Balaban J connectivity index is 1.97. The molecule has 0 saturated heterocycles. The molecule has 2 heteroatoms. The summed E-state index contributed by atoms with van der Waals surface area (Å²) in [7, 11) is 0. The van der Waals surface area contributed by atoms with Crippen molar-refractivity contribution in [2.75, 3.05) is 0 Å². The van der Waals surface area contributed by atoms with Crippen molar-refractivity contribution < 1.29 is 0 Å². The largest absolute Gasteiger partial charge is 0.247 e. The fourth-order valence-corrected chi connectivity index (χ4v) is 3.44. The number of nitrogens with zero attached hydrogens (tertiary/aromatic N) is 1. The van der Waals surface area contributed by atoms with Gasteiger partial charge in [0.1, 0.15) is 0 Å². The zero-order valence-electron chi connectivity index (χ0n) is 14.5. The van der Waals surface area contributed by atoms with Gasteiger partial charge in [-0.1, -0.05) is 88.7 Å². The Morgan fingerprint density at radius 1 is 0.654 bits per heavy atom. The molecule has 3 aromatic carbocycles. The van der Waals surface area contributed by atoms with Gasteiger partial charge in [-0.15, -0.1) is 0 Å². The van der Waals surface area contributed by atoms with E-state index in [1.165, 1.54) is 16.7 Å². The average molecular weight is 400 g/mol. The van der Waals surface area contributed by atoms with E-state index in [0.29, 0.717) is 0 Å². The Kier molecular flexibility index (Phi) is 4.68. The SMILES string of the molecule is Cc1c(-c2ccc(Br)cc2)cc(-c2ccccc2)nc1-c1ccccc1. The molecular weight excluding hydrogens is 382 g/mol. The number of halogens is 1. The molecule has 0 amide bonds. The van der Waals surface area contributed by atoms with Gasteiger partial charge in [-0.05, 0) is 41.8 Å². The van der Waals surface area contributed by atoms with Gasteiger partial charge in [-0.25, -0.2) is 4.98 Å². The number of pyridine rings is 1. The minimum absolute atomic E-state index is 0.993. The van der Waals surface area contributed by atoms with E-state index in [1.807, 2.05) is 12.1 Å². The van der Waals surface area contributed by atoms with Crippen LogP contribution in [0.2, 0.25) is 0 Å². The van der Waals surface area contributed by atoms with E-state index in [1.54, 1.807) is 0 Å². The average Bonchev–Trinajstić information content (AvgIpc) is 2.70. The van der Waals surface area contributed by atoms with E-state index >= 15 is 0 Å². The Bertz CT molecular complexity index is 1020. The summed E-state index contributed by atoms with van der Waals surface area (Å²) >= 11 is 3.53. The number of aromatic nitrogens is 1. The molecule has 26 heavy (non-hydrogen) atoms. The molecule has 4 rings (SSSR count). The van der Waals surface area contributed by atoms with Crippen LogP contribution in [0.1, 0.15) is 5.56 Å². The van der Waals surface area contributed by atoms with Gasteiger partial charge in [0.15, 0.2) is 0 Å². The van der Waals surface area contributed by atoms with Crippen molar-refractivity contribution in [3.8, 4) is 33.6 Å². The van der Waals surface area contributed by atoms with Crippen LogP contribution in [-0.4, -0.2) is 4.98 Å². The molecule has 0 atom stereocenters. The van der Waals surface area contributed by atoms with Crippen LogP contribution in [0.25, 0.3) is 33.6 Å². The summed E-state index contributed by atoms with van der Waals surface area (Å²) in [4.78, 5) is 5.01. The normalized spacial score (nSPS) is 10.7. The van der Waals surface area contributed by atoms with Crippen LogP contribution in [0.4, 0.5) is 0 Å². The lowest BCUT2D eigenvalue weighted by Gasteiger charge is -2.15.